The summed E-state index contributed by atoms with van der Waals surface area (Å²) in [6.45, 7) is 4.87. The van der Waals surface area contributed by atoms with Crippen LogP contribution >= 0.6 is 0 Å². The fraction of sp³-hybridized carbons (Fsp3) is 0.238. The molecular weight excluding hydrogens is 344 g/mol. The normalized spacial score (nSPS) is 12.7. The van der Waals surface area contributed by atoms with Crippen molar-refractivity contribution in [3.8, 4) is 23.0 Å². The van der Waals surface area contributed by atoms with Crippen molar-refractivity contribution in [2.24, 2.45) is 0 Å². The number of aromatic nitrogens is 1. The van der Waals surface area contributed by atoms with Crippen molar-refractivity contribution >= 4 is 11.6 Å². The summed E-state index contributed by atoms with van der Waals surface area (Å²) < 4.78 is 16.8. The molecule has 4 rings (SSSR count). The van der Waals surface area contributed by atoms with Gasteiger partial charge in [-0.15, -0.1) is 0 Å². The summed E-state index contributed by atoms with van der Waals surface area (Å²) >= 11 is 0. The summed E-state index contributed by atoms with van der Waals surface area (Å²) in [5.41, 5.74) is 3.31. The van der Waals surface area contributed by atoms with Crippen LogP contribution in [0.2, 0.25) is 0 Å². The van der Waals surface area contributed by atoms with Gasteiger partial charge in [-0.2, -0.15) is 0 Å². The fourth-order valence-electron chi connectivity index (χ4n) is 2.97. The maximum Gasteiger partial charge on any atom is 0.230 e. The zero-order valence-electron chi connectivity index (χ0n) is 15.2. The van der Waals surface area contributed by atoms with Crippen molar-refractivity contribution in [3.05, 3.63) is 59.5 Å². The van der Waals surface area contributed by atoms with E-state index >= 15 is 0 Å². The number of carbonyl (C=O) groups is 1. The third kappa shape index (κ3) is 3.79. The summed E-state index contributed by atoms with van der Waals surface area (Å²) in [5, 5.41) is 2.87. The Hall–Kier alpha value is -3.28. The van der Waals surface area contributed by atoms with E-state index in [1.165, 1.54) is 0 Å². The average molecular weight is 364 g/mol. The first kappa shape index (κ1) is 17.1. The predicted octanol–water partition coefficient (Wildman–Crippen LogP) is 3.91. The second-order valence-electron chi connectivity index (χ2n) is 6.47. The molecule has 0 unspecified atom stereocenters. The molecule has 0 saturated carbocycles. The molecule has 1 aromatic heterocycles. The van der Waals surface area contributed by atoms with Crippen LogP contribution in [0.15, 0.2) is 46.9 Å². The van der Waals surface area contributed by atoms with Gasteiger partial charge >= 0.3 is 0 Å². The van der Waals surface area contributed by atoms with Crippen LogP contribution in [0.25, 0.3) is 11.5 Å². The van der Waals surface area contributed by atoms with E-state index in [1.54, 1.807) is 18.2 Å². The number of nitrogens with one attached hydrogen (secondary N) is 1. The first-order chi connectivity index (χ1) is 13.1. The average Bonchev–Trinajstić information content (AvgIpc) is 3.02. The number of fused-ring (bicyclic) bond motifs is 1. The highest BCUT2D eigenvalue weighted by molar-refractivity contribution is 5.92. The van der Waals surface area contributed by atoms with Gasteiger partial charge in [-0.25, -0.2) is 4.98 Å². The fourth-order valence-corrected chi connectivity index (χ4v) is 2.97. The number of aryl methyl sites for hydroxylation is 2. The topological polar surface area (TPSA) is 73.6 Å². The molecule has 0 aliphatic carbocycles. The van der Waals surface area contributed by atoms with Crippen LogP contribution in [0.5, 0.6) is 11.5 Å². The molecule has 6 nitrogen and oxygen atoms in total. The van der Waals surface area contributed by atoms with Gasteiger partial charge in [-0.1, -0.05) is 17.7 Å². The monoisotopic (exact) mass is 364 g/mol. The number of carbonyl (C=O) groups excluding carboxylic acids is 1. The number of anilines is 1. The highest BCUT2D eigenvalue weighted by atomic mass is 16.6. The van der Waals surface area contributed by atoms with E-state index in [1.807, 2.05) is 38.1 Å². The van der Waals surface area contributed by atoms with Crippen LogP contribution in [0, 0.1) is 13.8 Å². The number of ether oxygens (including phenoxy) is 2. The second-order valence-corrected chi connectivity index (χ2v) is 6.47. The lowest BCUT2D eigenvalue weighted by Gasteiger charge is -2.18. The molecule has 0 atom stereocenters. The van der Waals surface area contributed by atoms with E-state index in [0.29, 0.717) is 47.7 Å². The minimum absolute atomic E-state index is 0.135. The van der Waals surface area contributed by atoms with Gasteiger partial charge in [0.1, 0.15) is 19.0 Å². The lowest BCUT2D eigenvalue weighted by atomic mass is 10.1. The quantitative estimate of drug-likeness (QED) is 0.760. The number of hydrogen-bond donors (Lipinski definition) is 1. The molecule has 1 aliphatic rings. The minimum atomic E-state index is -0.168. The Morgan fingerprint density at radius 1 is 1.07 bits per heavy atom. The molecule has 0 fully saturated rings. The Bertz CT molecular complexity index is 994. The zero-order valence-corrected chi connectivity index (χ0v) is 15.2. The van der Waals surface area contributed by atoms with Gasteiger partial charge in [-0.3, -0.25) is 4.79 Å². The molecule has 2 heterocycles. The predicted molar refractivity (Wildman–Crippen MR) is 101 cm³/mol. The first-order valence-electron chi connectivity index (χ1n) is 8.81. The van der Waals surface area contributed by atoms with E-state index < -0.39 is 0 Å². The lowest BCUT2D eigenvalue weighted by Crippen LogP contribution is -2.17. The van der Waals surface area contributed by atoms with Gasteiger partial charge in [0.15, 0.2) is 11.5 Å². The van der Waals surface area contributed by atoms with Gasteiger partial charge in [0.05, 0.1) is 12.1 Å². The SMILES string of the molecule is Cc1cccc(-c2nc(CC(=O)Nc3ccc4c(c3)OCCO4)c(C)o2)c1. The number of hydrogen-bond acceptors (Lipinski definition) is 5. The van der Waals surface area contributed by atoms with Gasteiger partial charge in [0.25, 0.3) is 0 Å². The van der Waals surface area contributed by atoms with Crippen molar-refractivity contribution in [2.75, 3.05) is 18.5 Å². The smallest absolute Gasteiger partial charge is 0.230 e. The number of benzene rings is 2. The molecule has 27 heavy (non-hydrogen) atoms. The summed E-state index contributed by atoms with van der Waals surface area (Å²) in [4.78, 5) is 16.9. The summed E-state index contributed by atoms with van der Waals surface area (Å²) in [6, 6.07) is 13.3. The summed E-state index contributed by atoms with van der Waals surface area (Å²) in [6.07, 6.45) is 0.135. The van der Waals surface area contributed by atoms with Gasteiger partial charge in [0.2, 0.25) is 11.8 Å². The Balaban J connectivity index is 1.47. The maximum absolute atomic E-state index is 12.4. The Labute approximate surface area is 157 Å². The molecule has 0 saturated heterocycles. The van der Waals surface area contributed by atoms with Gasteiger partial charge in [-0.05, 0) is 38.1 Å². The van der Waals surface area contributed by atoms with Crippen LogP contribution in [0.3, 0.4) is 0 Å². The molecule has 2 aromatic carbocycles. The third-order valence-corrected chi connectivity index (χ3v) is 4.31. The molecule has 138 valence electrons. The maximum atomic E-state index is 12.4. The standard InChI is InChI=1S/C21H20N2O4/c1-13-4-3-5-15(10-13)21-23-17(14(2)27-21)12-20(24)22-16-6-7-18-19(11-16)26-9-8-25-18/h3-7,10-11H,8-9,12H2,1-2H3,(H,22,24). The number of amides is 1. The Morgan fingerprint density at radius 3 is 2.70 bits per heavy atom. The van der Waals surface area contributed by atoms with E-state index in [4.69, 9.17) is 13.9 Å². The molecular formula is C21H20N2O4. The largest absolute Gasteiger partial charge is 0.486 e. The van der Waals surface area contributed by atoms with Crippen molar-refractivity contribution in [1.29, 1.82) is 0 Å². The zero-order chi connectivity index (χ0) is 18.8. The number of oxazole rings is 1. The molecule has 0 spiro atoms. The second kappa shape index (κ2) is 7.15. The Morgan fingerprint density at radius 2 is 1.89 bits per heavy atom. The molecule has 1 amide bonds. The van der Waals surface area contributed by atoms with Crippen LogP contribution in [0.4, 0.5) is 5.69 Å². The number of rotatable bonds is 4. The van der Waals surface area contributed by atoms with E-state index in [2.05, 4.69) is 10.3 Å². The molecule has 6 heteroatoms. The van der Waals surface area contributed by atoms with Crippen LogP contribution in [-0.2, 0) is 11.2 Å². The molecule has 1 aliphatic heterocycles. The van der Waals surface area contributed by atoms with Gasteiger partial charge in [0, 0.05) is 17.3 Å². The van der Waals surface area contributed by atoms with Crippen molar-refractivity contribution in [3.63, 3.8) is 0 Å². The lowest BCUT2D eigenvalue weighted by molar-refractivity contribution is -0.115. The van der Waals surface area contributed by atoms with Gasteiger partial charge < -0.3 is 19.2 Å². The van der Waals surface area contributed by atoms with Crippen molar-refractivity contribution < 1.29 is 18.7 Å². The highest BCUT2D eigenvalue weighted by Gasteiger charge is 2.16. The molecule has 1 N–H and O–H groups in total. The summed E-state index contributed by atoms with van der Waals surface area (Å²) in [5.74, 6) is 2.33. The molecule has 3 aromatic rings. The Kier molecular flexibility index (Phi) is 4.54. The highest BCUT2D eigenvalue weighted by Crippen LogP contribution is 2.32. The van der Waals surface area contributed by atoms with Crippen molar-refractivity contribution in [2.45, 2.75) is 20.3 Å². The molecule has 0 bridgehead atoms. The minimum Gasteiger partial charge on any atom is -0.486 e. The van der Waals surface area contributed by atoms with E-state index in [9.17, 15) is 4.79 Å². The summed E-state index contributed by atoms with van der Waals surface area (Å²) in [7, 11) is 0. The first-order valence-corrected chi connectivity index (χ1v) is 8.81. The van der Waals surface area contributed by atoms with Crippen LogP contribution in [-0.4, -0.2) is 24.1 Å². The van der Waals surface area contributed by atoms with Crippen molar-refractivity contribution in [1.82, 2.24) is 4.98 Å². The molecule has 0 radical (unpaired) electrons. The van der Waals surface area contributed by atoms with E-state index in [0.717, 1.165) is 11.1 Å². The number of nitrogens with zero attached hydrogens (tertiary/aromatic N) is 1. The third-order valence-electron chi connectivity index (χ3n) is 4.31. The van der Waals surface area contributed by atoms with Crippen LogP contribution in [0.1, 0.15) is 17.0 Å². The van der Waals surface area contributed by atoms with Crippen LogP contribution < -0.4 is 14.8 Å². The van der Waals surface area contributed by atoms with E-state index in [-0.39, 0.29) is 12.3 Å².